The van der Waals surface area contributed by atoms with Crippen LogP contribution in [0, 0.1) is 11.6 Å². The van der Waals surface area contributed by atoms with Crippen LogP contribution in [0.5, 0.6) is 5.75 Å². The van der Waals surface area contributed by atoms with Gasteiger partial charge < -0.3 is 14.7 Å². The summed E-state index contributed by atoms with van der Waals surface area (Å²) in [6.45, 7) is 1.68. The summed E-state index contributed by atoms with van der Waals surface area (Å²) in [6, 6.07) is 8.93. The van der Waals surface area contributed by atoms with Crippen LogP contribution in [0.4, 0.5) is 8.78 Å². The highest BCUT2D eigenvalue weighted by atomic mass is 19.2. The molecule has 0 aromatic heterocycles. The maximum absolute atomic E-state index is 13.3. The molecule has 2 aromatic rings. The number of aliphatic carboxylic acids is 1. The zero-order valence-corrected chi connectivity index (χ0v) is 14.0. The Bertz CT molecular complexity index is 855. The summed E-state index contributed by atoms with van der Waals surface area (Å²) in [5.41, 5.74) is 1.46. The SMILES string of the molecule is CC(Oc1ccc(F)c(F)c1)C(=O)N1CCc2ccccc2C1C(=O)O. The maximum Gasteiger partial charge on any atom is 0.331 e. The summed E-state index contributed by atoms with van der Waals surface area (Å²) in [4.78, 5) is 25.8. The monoisotopic (exact) mass is 361 g/mol. The van der Waals surface area contributed by atoms with Gasteiger partial charge >= 0.3 is 5.97 Å². The molecule has 0 radical (unpaired) electrons. The number of halogens is 2. The van der Waals surface area contributed by atoms with E-state index in [0.29, 0.717) is 12.0 Å². The van der Waals surface area contributed by atoms with Crippen molar-refractivity contribution in [3.63, 3.8) is 0 Å². The van der Waals surface area contributed by atoms with Crippen molar-refractivity contribution < 1.29 is 28.2 Å². The van der Waals surface area contributed by atoms with E-state index in [1.807, 2.05) is 12.1 Å². The molecule has 1 aliphatic heterocycles. The molecule has 0 spiro atoms. The number of nitrogens with zero attached hydrogens (tertiary/aromatic N) is 1. The number of hydrogen-bond donors (Lipinski definition) is 1. The fourth-order valence-corrected chi connectivity index (χ4v) is 3.11. The third-order valence-electron chi connectivity index (χ3n) is 4.35. The molecule has 1 N–H and O–H groups in total. The topological polar surface area (TPSA) is 66.8 Å². The third kappa shape index (κ3) is 3.37. The predicted octanol–water partition coefficient (Wildman–Crippen LogP) is 2.94. The van der Waals surface area contributed by atoms with Gasteiger partial charge in [-0.3, -0.25) is 4.79 Å². The Morgan fingerprint density at radius 3 is 2.62 bits per heavy atom. The van der Waals surface area contributed by atoms with Crippen LogP contribution in [-0.2, 0) is 16.0 Å². The zero-order valence-electron chi connectivity index (χ0n) is 14.0. The van der Waals surface area contributed by atoms with Gasteiger partial charge in [0.15, 0.2) is 23.8 Å². The predicted molar refractivity (Wildman–Crippen MR) is 88.7 cm³/mol. The Hall–Kier alpha value is -2.96. The second kappa shape index (κ2) is 7.11. The van der Waals surface area contributed by atoms with Crippen molar-refractivity contribution >= 4 is 11.9 Å². The van der Waals surface area contributed by atoms with E-state index in [4.69, 9.17) is 4.74 Å². The minimum atomic E-state index is -1.13. The quantitative estimate of drug-likeness (QED) is 0.909. The molecule has 0 aliphatic carbocycles. The number of amides is 1. The highest BCUT2D eigenvalue weighted by Gasteiger charge is 2.37. The Labute approximate surface area is 148 Å². The summed E-state index contributed by atoms with van der Waals surface area (Å²) >= 11 is 0. The van der Waals surface area contributed by atoms with E-state index in [0.717, 1.165) is 17.7 Å². The van der Waals surface area contributed by atoms with E-state index in [-0.39, 0.29) is 12.3 Å². The lowest BCUT2D eigenvalue weighted by Crippen LogP contribution is -2.48. The molecule has 0 saturated heterocycles. The molecule has 0 saturated carbocycles. The van der Waals surface area contributed by atoms with Crippen LogP contribution < -0.4 is 4.74 Å². The molecular formula is C19H17F2NO4. The number of benzene rings is 2. The van der Waals surface area contributed by atoms with Gasteiger partial charge in [-0.1, -0.05) is 24.3 Å². The summed E-state index contributed by atoms with van der Waals surface area (Å²) in [6.07, 6.45) is -0.518. The molecular weight excluding hydrogens is 344 g/mol. The smallest absolute Gasteiger partial charge is 0.331 e. The molecule has 136 valence electrons. The Morgan fingerprint density at radius 2 is 1.92 bits per heavy atom. The minimum Gasteiger partial charge on any atom is -0.481 e. The van der Waals surface area contributed by atoms with Gasteiger partial charge in [-0.25, -0.2) is 13.6 Å². The molecule has 5 nitrogen and oxygen atoms in total. The average molecular weight is 361 g/mol. The average Bonchev–Trinajstić information content (AvgIpc) is 2.62. The first-order valence-corrected chi connectivity index (χ1v) is 8.11. The first-order valence-electron chi connectivity index (χ1n) is 8.11. The first-order chi connectivity index (χ1) is 12.4. The van der Waals surface area contributed by atoms with Crippen LogP contribution in [0.3, 0.4) is 0 Å². The molecule has 2 atom stereocenters. The van der Waals surface area contributed by atoms with Gasteiger partial charge in [-0.2, -0.15) is 0 Å². The molecule has 2 aromatic carbocycles. The minimum absolute atomic E-state index is 0.00552. The fraction of sp³-hybridized carbons (Fsp3) is 0.263. The van der Waals surface area contributed by atoms with Gasteiger partial charge in [-0.05, 0) is 36.6 Å². The first kappa shape index (κ1) is 17.8. The summed E-state index contributed by atoms with van der Waals surface area (Å²) in [7, 11) is 0. The number of carbonyl (C=O) groups excluding carboxylic acids is 1. The van der Waals surface area contributed by atoms with E-state index in [1.165, 1.54) is 17.9 Å². The second-order valence-corrected chi connectivity index (χ2v) is 6.06. The van der Waals surface area contributed by atoms with Crippen molar-refractivity contribution in [1.82, 2.24) is 4.90 Å². The molecule has 3 rings (SSSR count). The van der Waals surface area contributed by atoms with Crippen LogP contribution in [0.15, 0.2) is 42.5 Å². The number of carbonyl (C=O) groups is 2. The number of carboxylic acids is 1. The lowest BCUT2D eigenvalue weighted by molar-refractivity contribution is -0.154. The van der Waals surface area contributed by atoms with Crippen LogP contribution >= 0.6 is 0 Å². The van der Waals surface area contributed by atoms with Gasteiger partial charge in [0.25, 0.3) is 5.91 Å². The van der Waals surface area contributed by atoms with Gasteiger partial charge in [0.1, 0.15) is 5.75 Å². The van der Waals surface area contributed by atoms with Crippen LogP contribution in [-0.4, -0.2) is 34.5 Å². The van der Waals surface area contributed by atoms with Crippen LogP contribution in [0.25, 0.3) is 0 Å². The summed E-state index contributed by atoms with van der Waals surface area (Å²) < 4.78 is 31.7. The number of carboxylic acid groups (broad SMARTS) is 1. The van der Waals surface area contributed by atoms with Crippen molar-refractivity contribution in [3.8, 4) is 5.75 Å². The lowest BCUT2D eigenvalue weighted by Gasteiger charge is -2.36. The molecule has 0 bridgehead atoms. The van der Waals surface area contributed by atoms with E-state index < -0.39 is 35.7 Å². The highest BCUT2D eigenvalue weighted by Crippen LogP contribution is 2.31. The van der Waals surface area contributed by atoms with Crippen molar-refractivity contribution in [2.75, 3.05) is 6.54 Å². The molecule has 1 amide bonds. The second-order valence-electron chi connectivity index (χ2n) is 6.06. The molecule has 1 aliphatic rings. The van der Waals surface area contributed by atoms with Crippen molar-refractivity contribution in [1.29, 1.82) is 0 Å². The number of ether oxygens (including phenoxy) is 1. The van der Waals surface area contributed by atoms with Crippen molar-refractivity contribution in [2.45, 2.75) is 25.5 Å². The number of rotatable bonds is 4. The van der Waals surface area contributed by atoms with Crippen LogP contribution in [0.2, 0.25) is 0 Å². The molecule has 1 heterocycles. The van der Waals surface area contributed by atoms with E-state index in [9.17, 15) is 23.5 Å². The largest absolute Gasteiger partial charge is 0.481 e. The third-order valence-corrected chi connectivity index (χ3v) is 4.35. The van der Waals surface area contributed by atoms with Gasteiger partial charge in [0.05, 0.1) is 0 Å². The normalized spacial score (nSPS) is 17.3. The maximum atomic E-state index is 13.3. The van der Waals surface area contributed by atoms with Crippen molar-refractivity contribution in [3.05, 3.63) is 65.2 Å². The molecule has 0 fully saturated rings. The van der Waals surface area contributed by atoms with Gasteiger partial charge in [0, 0.05) is 12.6 Å². The fourth-order valence-electron chi connectivity index (χ4n) is 3.11. The van der Waals surface area contributed by atoms with E-state index >= 15 is 0 Å². The molecule has 26 heavy (non-hydrogen) atoms. The highest BCUT2D eigenvalue weighted by molar-refractivity contribution is 5.88. The number of hydrogen-bond acceptors (Lipinski definition) is 3. The van der Waals surface area contributed by atoms with E-state index in [1.54, 1.807) is 12.1 Å². The van der Waals surface area contributed by atoms with Gasteiger partial charge in [0.2, 0.25) is 0 Å². The Balaban J connectivity index is 1.81. The standard InChI is InChI=1S/C19H17F2NO4/c1-11(26-13-6-7-15(20)16(21)10-13)18(23)22-9-8-12-4-2-3-5-14(12)17(22)19(24)25/h2-7,10-11,17H,8-9H2,1H3,(H,24,25). The van der Waals surface area contributed by atoms with Gasteiger partial charge in [-0.15, -0.1) is 0 Å². The summed E-state index contributed by atoms with van der Waals surface area (Å²) in [5, 5.41) is 9.62. The zero-order chi connectivity index (χ0) is 18.8. The summed E-state index contributed by atoms with van der Waals surface area (Å²) in [5.74, 6) is -3.77. The van der Waals surface area contributed by atoms with Crippen molar-refractivity contribution in [2.24, 2.45) is 0 Å². The molecule has 2 unspecified atom stereocenters. The van der Waals surface area contributed by atoms with E-state index in [2.05, 4.69) is 0 Å². The Morgan fingerprint density at radius 1 is 1.19 bits per heavy atom. The Kier molecular flexibility index (Phi) is 4.88. The van der Waals surface area contributed by atoms with Crippen LogP contribution in [0.1, 0.15) is 24.1 Å². The lowest BCUT2D eigenvalue weighted by atomic mass is 9.92. The molecule has 7 heteroatoms. The number of fused-ring (bicyclic) bond motifs is 1.